The lowest BCUT2D eigenvalue weighted by molar-refractivity contribution is -0.147. The molecular weight excluding hydrogens is 388 g/mol. The van der Waals surface area contributed by atoms with Crippen molar-refractivity contribution in [2.75, 3.05) is 7.11 Å². The number of carbonyl (C=O) groups excluding carboxylic acids is 2. The highest BCUT2D eigenvalue weighted by Gasteiger charge is 2.53. The number of ether oxygens (including phenoxy) is 2. The summed E-state index contributed by atoms with van der Waals surface area (Å²) in [7, 11) is 1.26. The molecule has 1 saturated heterocycles. The molecule has 8 nitrogen and oxygen atoms in total. The van der Waals surface area contributed by atoms with E-state index >= 15 is 0 Å². The summed E-state index contributed by atoms with van der Waals surface area (Å²) in [6.07, 6.45) is -2.29. The van der Waals surface area contributed by atoms with E-state index in [1.54, 1.807) is 31.2 Å². The van der Waals surface area contributed by atoms with E-state index in [0.717, 1.165) is 20.9 Å². The number of carboxylic acids is 1. The van der Waals surface area contributed by atoms with E-state index in [-0.39, 0.29) is 6.54 Å². The predicted molar refractivity (Wildman–Crippen MR) is 108 cm³/mol. The molecule has 1 aliphatic rings. The molecule has 1 heterocycles. The van der Waals surface area contributed by atoms with E-state index in [1.807, 2.05) is 36.4 Å². The van der Waals surface area contributed by atoms with Crippen LogP contribution in [-0.2, 0) is 27.2 Å². The second-order valence-corrected chi connectivity index (χ2v) is 7.06. The average molecular weight is 412 g/mol. The topological polar surface area (TPSA) is 96.4 Å². The molecule has 1 unspecified atom stereocenters. The molecule has 1 N–H and O–H groups in total. The van der Waals surface area contributed by atoms with Gasteiger partial charge in [0.1, 0.15) is 6.10 Å². The first-order valence-electron chi connectivity index (χ1n) is 9.56. The summed E-state index contributed by atoms with van der Waals surface area (Å²) in [5.41, 5.74) is 1.71. The number of urea groups is 1. The first-order valence-corrected chi connectivity index (χ1v) is 9.56. The van der Waals surface area contributed by atoms with Gasteiger partial charge in [0.15, 0.2) is 12.3 Å². The van der Waals surface area contributed by atoms with Crippen LogP contribution in [0.15, 0.2) is 60.7 Å². The van der Waals surface area contributed by atoms with Gasteiger partial charge in [0, 0.05) is 20.1 Å². The average Bonchev–Trinajstić information content (AvgIpc) is 3.01. The van der Waals surface area contributed by atoms with Crippen LogP contribution >= 0.6 is 0 Å². The van der Waals surface area contributed by atoms with Crippen LogP contribution in [0.5, 0.6) is 0 Å². The smallest absolute Gasteiger partial charge is 0.420 e. The monoisotopic (exact) mass is 412 g/mol. The van der Waals surface area contributed by atoms with E-state index in [4.69, 9.17) is 9.47 Å². The lowest BCUT2D eigenvalue weighted by Gasteiger charge is -2.23. The molecule has 0 bridgehead atoms. The fourth-order valence-electron chi connectivity index (χ4n) is 3.50. The van der Waals surface area contributed by atoms with Crippen molar-refractivity contribution in [1.29, 1.82) is 0 Å². The summed E-state index contributed by atoms with van der Waals surface area (Å²) in [6.45, 7) is 1.74. The van der Waals surface area contributed by atoms with Gasteiger partial charge >= 0.3 is 18.1 Å². The summed E-state index contributed by atoms with van der Waals surface area (Å²) in [6, 6.07) is 16.3. The number of aliphatic carboxylic acids is 1. The van der Waals surface area contributed by atoms with Gasteiger partial charge in [0.2, 0.25) is 0 Å². The summed E-state index contributed by atoms with van der Waals surface area (Å²) in [4.78, 5) is 39.5. The minimum absolute atomic E-state index is 0.0276. The first kappa shape index (κ1) is 21.3. The number of hydrogen-bond donors (Lipinski definition) is 1. The molecule has 0 aliphatic carbocycles. The van der Waals surface area contributed by atoms with Crippen molar-refractivity contribution in [2.24, 2.45) is 0 Å². The van der Waals surface area contributed by atoms with Gasteiger partial charge in [0.05, 0.1) is 0 Å². The SMILES string of the molecule is CO[C@@H]1[C@H](C(=O)O)N(Cc2ccccc2)C(=O)N1C(=O)OC(C)Cc1ccccc1. The number of nitrogens with zero attached hydrogens (tertiary/aromatic N) is 2. The number of methoxy groups -OCH3 is 1. The van der Waals surface area contributed by atoms with Gasteiger partial charge < -0.3 is 19.5 Å². The quantitative estimate of drug-likeness (QED) is 0.751. The van der Waals surface area contributed by atoms with E-state index in [0.29, 0.717) is 6.42 Å². The highest BCUT2D eigenvalue weighted by atomic mass is 16.6. The Hall–Kier alpha value is -3.39. The van der Waals surface area contributed by atoms with Crippen molar-refractivity contribution in [3.63, 3.8) is 0 Å². The Morgan fingerprint density at radius 1 is 1.03 bits per heavy atom. The predicted octanol–water partition coefficient (Wildman–Crippen LogP) is 3.12. The van der Waals surface area contributed by atoms with Crippen LogP contribution in [0.1, 0.15) is 18.1 Å². The molecule has 1 aliphatic heterocycles. The van der Waals surface area contributed by atoms with Crippen molar-refractivity contribution in [3.8, 4) is 0 Å². The van der Waals surface area contributed by atoms with Crippen LogP contribution < -0.4 is 0 Å². The maximum absolute atomic E-state index is 13.0. The molecule has 8 heteroatoms. The highest BCUT2D eigenvalue weighted by molar-refractivity contribution is 5.97. The van der Waals surface area contributed by atoms with Gasteiger partial charge in [-0.25, -0.2) is 14.4 Å². The van der Waals surface area contributed by atoms with Gasteiger partial charge in [-0.3, -0.25) is 0 Å². The van der Waals surface area contributed by atoms with Crippen molar-refractivity contribution in [2.45, 2.75) is 38.3 Å². The standard InChI is InChI=1S/C22H24N2O6/c1-15(13-16-9-5-3-6-10-16)30-22(28)24-19(29-2)18(20(25)26)23(21(24)27)14-17-11-7-4-8-12-17/h3-12,15,18-19H,13-14H2,1-2H3,(H,25,26)/t15?,18-,19-/m1/s1. The summed E-state index contributed by atoms with van der Waals surface area (Å²) < 4.78 is 10.7. The fourth-order valence-corrected chi connectivity index (χ4v) is 3.50. The molecule has 0 radical (unpaired) electrons. The lowest BCUT2D eigenvalue weighted by Crippen LogP contribution is -2.46. The Bertz CT molecular complexity index is 889. The van der Waals surface area contributed by atoms with Gasteiger partial charge in [-0.05, 0) is 18.1 Å². The Morgan fingerprint density at radius 2 is 1.60 bits per heavy atom. The normalized spacial score (nSPS) is 19.6. The van der Waals surface area contributed by atoms with Crippen LogP contribution in [0.25, 0.3) is 0 Å². The summed E-state index contributed by atoms with van der Waals surface area (Å²) in [5, 5.41) is 9.70. The second-order valence-electron chi connectivity index (χ2n) is 7.06. The van der Waals surface area contributed by atoms with Crippen LogP contribution in [-0.4, -0.2) is 58.5 Å². The van der Waals surface area contributed by atoms with Crippen LogP contribution in [0, 0.1) is 0 Å². The third-order valence-corrected chi connectivity index (χ3v) is 4.87. The fraction of sp³-hybridized carbons (Fsp3) is 0.318. The summed E-state index contributed by atoms with van der Waals surface area (Å²) in [5.74, 6) is -1.27. The molecule has 0 aromatic heterocycles. The Morgan fingerprint density at radius 3 is 2.13 bits per heavy atom. The Labute approximate surface area is 174 Å². The lowest BCUT2D eigenvalue weighted by atomic mass is 10.1. The first-order chi connectivity index (χ1) is 14.4. The van der Waals surface area contributed by atoms with Crippen molar-refractivity contribution >= 4 is 18.1 Å². The van der Waals surface area contributed by atoms with Crippen LogP contribution in [0.4, 0.5) is 9.59 Å². The zero-order valence-electron chi connectivity index (χ0n) is 16.8. The van der Waals surface area contributed by atoms with Crippen LogP contribution in [0.3, 0.4) is 0 Å². The summed E-state index contributed by atoms with van der Waals surface area (Å²) >= 11 is 0. The number of carbonyl (C=O) groups is 3. The Kier molecular flexibility index (Phi) is 6.68. The van der Waals surface area contributed by atoms with Gasteiger partial charge in [-0.1, -0.05) is 60.7 Å². The van der Waals surface area contributed by atoms with Gasteiger partial charge in [0.25, 0.3) is 0 Å². The molecule has 1 fully saturated rings. The Balaban J connectivity index is 1.77. The van der Waals surface area contributed by atoms with Gasteiger partial charge in [-0.15, -0.1) is 0 Å². The number of rotatable bonds is 7. The van der Waals surface area contributed by atoms with Gasteiger partial charge in [-0.2, -0.15) is 4.90 Å². The number of imide groups is 1. The van der Waals surface area contributed by atoms with Crippen LogP contribution in [0.2, 0.25) is 0 Å². The molecule has 158 valence electrons. The van der Waals surface area contributed by atoms with E-state index in [9.17, 15) is 19.5 Å². The number of amides is 3. The number of hydrogen-bond acceptors (Lipinski definition) is 5. The minimum atomic E-state index is -1.35. The second kappa shape index (κ2) is 9.41. The van der Waals surface area contributed by atoms with Crippen molar-refractivity contribution in [1.82, 2.24) is 9.80 Å². The molecule has 2 aromatic rings. The molecule has 0 saturated carbocycles. The molecular formula is C22H24N2O6. The largest absolute Gasteiger partial charge is 0.480 e. The third-order valence-electron chi connectivity index (χ3n) is 4.87. The number of benzene rings is 2. The maximum Gasteiger partial charge on any atom is 0.420 e. The zero-order valence-corrected chi connectivity index (χ0v) is 16.8. The molecule has 3 rings (SSSR count). The van der Waals surface area contributed by atoms with E-state index < -0.39 is 36.5 Å². The molecule has 0 spiro atoms. The maximum atomic E-state index is 13.0. The van der Waals surface area contributed by atoms with E-state index in [2.05, 4.69) is 0 Å². The molecule has 2 aromatic carbocycles. The zero-order chi connectivity index (χ0) is 21.7. The molecule has 3 atom stereocenters. The molecule has 3 amide bonds. The third kappa shape index (κ3) is 4.60. The van der Waals surface area contributed by atoms with E-state index in [1.165, 1.54) is 7.11 Å². The van der Waals surface area contributed by atoms with Crippen molar-refractivity contribution < 1.29 is 29.0 Å². The number of carboxylic acid groups (broad SMARTS) is 1. The highest BCUT2D eigenvalue weighted by Crippen LogP contribution is 2.27. The molecule has 30 heavy (non-hydrogen) atoms. The minimum Gasteiger partial charge on any atom is -0.480 e. The van der Waals surface area contributed by atoms with Crippen molar-refractivity contribution in [3.05, 3.63) is 71.8 Å².